The lowest BCUT2D eigenvalue weighted by atomic mass is 10.3. The van der Waals surface area contributed by atoms with Gasteiger partial charge in [-0.25, -0.2) is 4.98 Å². The van der Waals surface area contributed by atoms with E-state index in [1.165, 1.54) is 6.20 Å². The fourth-order valence-corrected chi connectivity index (χ4v) is 1.54. The standard InChI is InChI=1S/C12H16N4O/c17-12-3-2-11(15-9-12)8-13-4-1-6-16-7-5-14-10-16/h2-3,5,7,9-10,13,17H,1,4,6,8H2. The summed E-state index contributed by atoms with van der Waals surface area (Å²) in [5.41, 5.74) is 0.936. The van der Waals surface area contributed by atoms with E-state index in [2.05, 4.69) is 19.9 Å². The van der Waals surface area contributed by atoms with Gasteiger partial charge in [0.25, 0.3) is 0 Å². The van der Waals surface area contributed by atoms with Crippen LogP contribution in [-0.2, 0) is 13.1 Å². The predicted octanol–water partition coefficient (Wildman–Crippen LogP) is 1.16. The number of hydrogen-bond acceptors (Lipinski definition) is 4. The highest BCUT2D eigenvalue weighted by atomic mass is 16.3. The third kappa shape index (κ3) is 3.88. The number of aromatic hydroxyl groups is 1. The molecule has 0 atom stereocenters. The van der Waals surface area contributed by atoms with Crippen molar-refractivity contribution in [3.05, 3.63) is 42.7 Å². The second-order valence-electron chi connectivity index (χ2n) is 3.84. The first kappa shape index (κ1) is 11.6. The van der Waals surface area contributed by atoms with E-state index in [9.17, 15) is 0 Å². The van der Waals surface area contributed by atoms with Gasteiger partial charge in [0.05, 0.1) is 18.2 Å². The average Bonchev–Trinajstić information content (AvgIpc) is 2.84. The Morgan fingerprint density at radius 3 is 3.00 bits per heavy atom. The quantitative estimate of drug-likeness (QED) is 0.734. The van der Waals surface area contributed by atoms with Crippen molar-refractivity contribution in [2.75, 3.05) is 6.54 Å². The zero-order valence-electron chi connectivity index (χ0n) is 9.58. The first-order chi connectivity index (χ1) is 8.34. The van der Waals surface area contributed by atoms with E-state index in [4.69, 9.17) is 5.11 Å². The van der Waals surface area contributed by atoms with Gasteiger partial charge in [-0.1, -0.05) is 0 Å². The fraction of sp³-hybridized carbons (Fsp3) is 0.333. The summed E-state index contributed by atoms with van der Waals surface area (Å²) < 4.78 is 2.06. The maximum atomic E-state index is 9.08. The molecule has 90 valence electrons. The molecule has 0 saturated heterocycles. The van der Waals surface area contributed by atoms with Crippen LogP contribution in [0.25, 0.3) is 0 Å². The van der Waals surface area contributed by atoms with E-state index in [-0.39, 0.29) is 5.75 Å². The second kappa shape index (κ2) is 6.00. The van der Waals surface area contributed by atoms with Crippen LogP contribution in [0.3, 0.4) is 0 Å². The molecule has 0 aromatic carbocycles. The van der Waals surface area contributed by atoms with Gasteiger partial charge in [0, 0.05) is 25.5 Å². The Morgan fingerprint density at radius 2 is 2.29 bits per heavy atom. The molecule has 0 spiro atoms. The lowest BCUT2D eigenvalue weighted by Gasteiger charge is -2.05. The molecule has 17 heavy (non-hydrogen) atoms. The highest BCUT2D eigenvalue weighted by Gasteiger charge is 1.95. The minimum atomic E-state index is 0.203. The third-order valence-electron chi connectivity index (χ3n) is 2.44. The molecule has 0 radical (unpaired) electrons. The molecule has 0 bridgehead atoms. The van der Waals surface area contributed by atoms with Gasteiger partial charge >= 0.3 is 0 Å². The van der Waals surface area contributed by atoms with Crippen LogP contribution in [0.2, 0.25) is 0 Å². The fourth-order valence-electron chi connectivity index (χ4n) is 1.54. The molecule has 5 nitrogen and oxygen atoms in total. The summed E-state index contributed by atoms with van der Waals surface area (Å²) in [6.07, 6.45) is 8.08. The van der Waals surface area contributed by atoms with E-state index in [1.54, 1.807) is 12.3 Å². The molecule has 0 amide bonds. The minimum absolute atomic E-state index is 0.203. The summed E-state index contributed by atoms with van der Waals surface area (Å²) in [4.78, 5) is 8.08. The Hall–Kier alpha value is -1.88. The molecule has 2 aromatic heterocycles. The first-order valence-electron chi connectivity index (χ1n) is 5.65. The van der Waals surface area contributed by atoms with Crippen LogP contribution in [0, 0.1) is 0 Å². The van der Waals surface area contributed by atoms with Crippen molar-refractivity contribution in [1.29, 1.82) is 0 Å². The number of hydrogen-bond donors (Lipinski definition) is 2. The van der Waals surface area contributed by atoms with Gasteiger partial charge < -0.3 is 15.0 Å². The molecular formula is C12H16N4O. The zero-order chi connectivity index (χ0) is 11.9. The SMILES string of the molecule is Oc1ccc(CNCCCn2ccnc2)nc1. The number of nitrogens with zero attached hydrogens (tertiary/aromatic N) is 3. The number of aromatic nitrogens is 3. The van der Waals surface area contributed by atoms with Crippen molar-refractivity contribution < 1.29 is 5.11 Å². The van der Waals surface area contributed by atoms with Crippen LogP contribution in [0.15, 0.2) is 37.1 Å². The van der Waals surface area contributed by atoms with E-state index in [0.29, 0.717) is 0 Å². The summed E-state index contributed by atoms with van der Waals surface area (Å²) in [5.74, 6) is 0.203. The molecule has 0 unspecified atom stereocenters. The van der Waals surface area contributed by atoms with Crippen molar-refractivity contribution >= 4 is 0 Å². The molecule has 0 aliphatic carbocycles. The third-order valence-corrected chi connectivity index (χ3v) is 2.44. The lowest BCUT2D eigenvalue weighted by molar-refractivity contribution is 0.471. The van der Waals surface area contributed by atoms with Gasteiger partial charge in [0.1, 0.15) is 5.75 Å². The number of aryl methyl sites for hydroxylation is 1. The molecule has 2 aromatic rings. The van der Waals surface area contributed by atoms with Crippen molar-refractivity contribution in [3.63, 3.8) is 0 Å². The van der Waals surface area contributed by atoms with Crippen LogP contribution < -0.4 is 5.32 Å². The van der Waals surface area contributed by atoms with Crippen LogP contribution in [-0.4, -0.2) is 26.2 Å². The second-order valence-corrected chi connectivity index (χ2v) is 3.84. The molecule has 5 heteroatoms. The highest BCUT2D eigenvalue weighted by Crippen LogP contribution is 2.05. The van der Waals surface area contributed by atoms with Crippen molar-refractivity contribution in [2.45, 2.75) is 19.5 Å². The molecule has 2 N–H and O–H groups in total. The molecule has 0 fully saturated rings. The topological polar surface area (TPSA) is 63.0 Å². The Kier molecular flexibility index (Phi) is 4.10. The minimum Gasteiger partial charge on any atom is -0.506 e. The molecule has 2 heterocycles. The normalized spacial score (nSPS) is 10.6. The van der Waals surface area contributed by atoms with Crippen molar-refractivity contribution in [3.8, 4) is 5.75 Å². The Morgan fingerprint density at radius 1 is 1.35 bits per heavy atom. The van der Waals surface area contributed by atoms with Crippen LogP contribution in [0.5, 0.6) is 5.75 Å². The average molecular weight is 232 g/mol. The predicted molar refractivity (Wildman–Crippen MR) is 64.5 cm³/mol. The molecular weight excluding hydrogens is 216 g/mol. The summed E-state index contributed by atoms with van der Waals surface area (Å²) in [6, 6.07) is 3.47. The summed E-state index contributed by atoms with van der Waals surface area (Å²) in [7, 11) is 0. The Balaban J connectivity index is 1.61. The van der Waals surface area contributed by atoms with E-state index < -0.39 is 0 Å². The Labute approximate surface area is 100 Å². The van der Waals surface area contributed by atoms with E-state index >= 15 is 0 Å². The number of imidazole rings is 1. The van der Waals surface area contributed by atoms with Gasteiger partial charge in [-0.15, -0.1) is 0 Å². The summed E-state index contributed by atoms with van der Waals surface area (Å²) >= 11 is 0. The maximum absolute atomic E-state index is 9.08. The van der Waals surface area contributed by atoms with Gasteiger partial charge in [-0.05, 0) is 25.1 Å². The highest BCUT2D eigenvalue weighted by molar-refractivity contribution is 5.17. The van der Waals surface area contributed by atoms with Crippen LogP contribution in [0.4, 0.5) is 0 Å². The van der Waals surface area contributed by atoms with Crippen molar-refractivity contribution in [2.24, 2.45) is 0 Å². The first-order valence-corrected chi connectivity index (χ1v) is 5.65. The van der Waals surface area contributed by atoms with E-state index in [0.717, 1.165) is 31.7 Å². The van der Waals surface area contributed by atoms with Crippen LogP contribution in [0.1, 0.15) is 12.1 Å². The number of rotatable bonds is 6. The van der Waals surface area contributed by atoms with Crippen LogP contribution >= 0.6 is 0 Å². The molecule has 0 aliphatic rings. The summed E-state index contributed by atoms with van der Waals surface area (Å²) in [6.45, 7) is 2.63. The van der Waals surface area contributed by atoms with Gasteiger partial charge in [-0.3, -0.25) is 4.98 Å². The van der Waals surface area contributed by atoms with Gasteiger partial charge in [0.2, 0.25) is 0 Å². The molecule has 2 rings (SSSR count). The lowest BCUT2D eigenvalue weighted by Crippen LogP contribution is -2.16. The summed E-state index contributed by atoms with van der Waals surface area (Å²) in [5, 5.41) is 12.4. The van der Waals surface area contributed by atoms with E-state index in [1.807, 2.05) is 18.6 Å². The van der Waals surface area contributed by atoms with Crippen molar-refractivity contribution in [1.82, 2.24) is 19.9 Å². The van der Waals surface area contributed by atoms with Gasteiger partial charge in [0.15, 0.2) is 0 Å². The number of pyridine rings is 1. The largest absolute Gasteiger partial charge is 0.506 e. The maximum Gasteiger partial charge on any atom is 0.133 e. The smallest absolute Gasteiger partial charge is 0.133 e. The molecule has 0 saturated carbocycles. The zero-order valence-corrected chi connectivity index (χ0v) is 9.58. The van der Waals surface area contributed by atoms with Gasteiger partial charge in [-0.2, -0.15) is 0 Å². The number of nitrogens with one attached hydrogen (secondary N) is 1. The monoisotopic (exact) mass is 232 g/mol. The molecule has 0 aliphatic heterocycles. The Bertz CT molecular complexity index is 424.